The van der Waals surface area contributed by atoms with Gasteiger partial charge in [0.15, 0.2) is 0 Å². The number of unbranched alkanes of at least 4 members (excludes halogenated alkanes) is 4. The minimum atomic E-state index is -0.236. The van der Waals surface area contributed by atoms with E-state index >= 15 is 0 Å². The Morgan fingerprint density at radius 3 is 2.52 bits per heavy atom. The van der Waals surface area contributed by atoms with Crippen LogP contribution in [0.1, 0.15) is 78.1 Å². The molecule has 21 heavy (non-hydrogen) atoms. The van der Waals surface area contributed by atoms with Crippen molar-refractivity contribution in [2.45, 2.75) is 84.2 Å². The molecule has 0 aliphatic heterocycles. The second-order valence-corrected chi connectivity index (χ2v) is 6.11. The Kier molecular flexibility index (Phi) is 13.6. The van der Waals surface area contributed by atoms with Crippen LogP contribution in [-0.4, -0.2) is 19.1 Å². The zero-order chi connectivity index (χ0) is 15.9. The van der Waals surface area contributed by atoms with E-state index in [2.05, 4.69) is 19.9 Å². The molecule has 0 spiro atoms. The number of amides is 1. The largest absolute Gasteiger partial charge is 0.381 e. The van der Waals surface area contributed by atoms with Crippen molar-refractivity contribution in [1.82, 2.24) is 0 Å². The fourth-order valence-corrected chi connectivity index (χ4v) is 2.54. The summed E-state index contributed by atoms with van der Waals surface area (Å²) in [6.45, 7) is 4.57. The highest BCUT2D eigenvalue weighted by Crippen LogP contribution is 2.19. The van der Waals surface area contributed by atoms with Gasteiger partial charge in [-0.1, -0.05) is 64.5 Å². The van der Waals surface area contributed by atoms with Crippen molar-refractivity contribution in [2.24, 2.45) is 11.7 Å². The quantitative estimate of drug-likeness (QED) is 0.376. The minimum Gasteiger partial charge on any atom is -0.381 e. The minimum absolute atomic E-state index is 0.236. The average Bonchev–Trinajstić information content (AvgIpc) is 2.45. The molecule has 124 valence electrons. The molecule has 0 saturated carbocycles. The van der Waals surface area contributed by atoms with Crippen LogP contribution >= 0.6 is 0 Å². The molecule has 0 aromatic rings. The Hall–Kier alpha value is -0.830. The monoisotopic (exact) mass is 297 g/mol. The van der Waals surface area contributed by atoms with Gasteiger partial charge in [-0.15, -0.1) is 0 Å². The molecule has 0 aromatic heterocycles. The topological polar surface area (TPSA) is 52.3 Å². The molecule has 0 fully saturated rings. The Morgan fingerprint density at radius 1 is 1.19 bits per heavy atom. The molecule has 1 amide bonds. The van der Waals surface area contributed by atoms with E-state index < -0.39 is 0 Å². The van der Waals surface area contributed by atoms with Crippen molar-refractivity contribution in [3.05, 3.63) is 12.2 Å². The van der Waals surface area contributed by atoms with Gasteiger partial charge >= 0.3 is 0 Å². The van der Waals surface area contributed by atoms with Crippen LogP contribution in [0.4, 0.5) is 0 Å². The lowest BCUT2D eigenvalue weighted by Gasteiger charge is -2.18. The predicted molar refractivity (Wildman–Crippen MR) is 90.1 cm³/mol. The molecular formula is C18H35NO2. The van der Waals surface area contributed by atoms with Gasteiger partial charge in [-0.3, -0.25) is 4.79 Å². The van der Waals surface area contributed by atoms with E-state index in [9.17, 15) is 4.79 Å². The Balaban J connectivity index is 3.73. The third-order valence-corrected chi connectivity index (χ3v) is 3.92. The number of methoxy groups -OCH3 is 1. The molecule has 2 N–H and O–H groups in total. The van der Waals surface area contributed by atoms with Crippen LogP contribution in [0.2, 0.25) is 0 Å². The SMILES string of the molecule is CCCCCCCC(C)CC(C/C=C/CCC(N)=O)OC. The van der Waals surface area contributed by atoms with E-state index in [-0.39, 0.29) is 5.91 Å². The number of hydrogen-bond acceptors (Lipinski definition) is 2. The fraction of sp³-hybridized carbons (Fsp3) is 0.833. The lowest BCUT2D eigenvalue weighted by molar-refractivity contribution is -0.117. The number of carbonyl (C=O) groups is 1. The first-order chi connectivity index (χ1) is 10.1. The molecule has 0 radical (unpaired) electrons. The van der Waals surface area contributed by atoms with Gasteiger partial charge in [-0.25, -0.2) is 0 Å². The summed E-state index contributed by atoms with van der Waals surface area (Å²) >= 11 is 0. The molecule has 2 atom stereocenters. The van der Waals surface area contributed by atoms with E-state index in [1.54, 1.807) is 7.11 Å². The first-order valence-corrected chi connectivity index (χ1v) is 8.56. The molecule has 0 heterocycles. The maximum atomic E-state index is 10.6. The highest BCUT2D eigenvalue weighted by Gasteiger charge is 2.11. The van der Waals surface area contributed by atoms with Crippen molar-refractivity contribution < 1.29 is 9.53 Å². The summed E-state index contributed by atoms with van der Waals surface area (Å²) in [7, 11) is 1.79. The molecule has 0 saturated heterocycles. The van der Waals surface area contributed by atoms with E-state index in [1.807, 2.05) is 6.08 Å². The predicted octanol–water partition coefficient (Wildman–Crippen LogP) is 4.60. The van der Waals surface area contributed by atoms with Gasteiger partial charge in [0, 0.05) is 13.5 Å². The number of nitrogens with two attached hydrogens (primary N) is 1. The fourth-order valence-electron chi connectivity index (χ4n) is 2.54. The highest BCUT2D eigenvalue weighted by molar-refractivity contribution is 5.73. The van der Waals surface area contributed by atoms with E-state index in [1.165, 1.54) is 38.5 Å². The summed E-state index contributed by atoms with van der Waals surface area (Å²) in [6, 6.07) is 0. The first kappa shape index (κ1) is 20.2. The average molecular weight is 297 g/mol. The summed E-state index contributed by atoms with van der Waals surface area (Å²) in [4.78, 5) is 10.6. The summed E-state index contributed by atoms with van der Waals surface area (Å²) in [5, 5.41) is 0. The van der Waals surface area contributed by atoms with Crippen LogP contribution in [0, 0.1) is 5.92 Å². The van der Waals surface area contributed by atoms with E-state index in [4.69, 9.17) is 10.5 Å². The number of allylic oxidation sites excluding steroid dienone is 1. The van der Waals surface area contributed by atoms with E-state index in [0.29, 0.717) is 12.5 Å². The first-order valence-electron chi connectivity index (χ1n) is 8.56. The molecule has 3 nitrogen and oxygen atoms in total. The van der Waals surface area contributed by atoms with Crippen LogP contribution in [-0.2, 0) is 9.53 Å². The van der Waals surface area contributed by atoms with Gasteiger partial charge in [-0.05, 0) is 25.2 Å². The molecule has 0 bridgehead atoms. The lowest BCUT2D eigenvalue weighted by atomic mass is 9.95. The summed E-state index contributed by atoms with van der Waals surface area (Å²) in [6.07, 6.45) is 15.7. The van der Waals surface area contributed by atoms with Crippen LogP contribution in [0.5, 0.6) is 0 Å². The Bertz CT molecular complexity index is 276. The normalized spacial score (nSPS) is 14.4. The third kappa shape index (κ3) is 13.9. The smallest absolute Gasteiger partial charge is 0.217 e. The standard InChI is InChI=1S/C18H35NO2/c1-4-5-6-7-9-12-16(2)15-17(21-3)13-10-8-11-14-18(19)20/h8,10,16-17H,4-7,9,11-15H2,1-3H3,(H2,19,20)/b10-8+. The number of primary amides is 1. The summed E-state index contributed by atoms with van der Waals surface area (Å²) in [5.74, 6) is 0.482. The number of rotatable bonds is 14. The van der Waals surface area contributed by atoms with Gasteiger partial charge in [0.25, 0.3) is 0 Å². The van der Waals surface area contributed by atoms with Crippen LogP contribution in [0.25, 0.3) is 0 Å². The van der Waals surface area contributed by atoms with Gasteiger partial charge < -0.3 is 10.5 Å². The molecule has 0 rings (SSSR count). The van der Waals surface area contributed by atoms with Gasteiger partial charge in [0.2, 0.25) is 5.91 Å². The third-order valence-electron chi connectivity index (χ3n) is 3.92. The van der Waals surface area contributed by atoms with Crippen molar-refractivity contribution >= 4 is 5.91 Å². The maximum absolute atomic E-state index is 10.6. The van der Waals surface area contributed by atoms with Gasteiger partial charge in [-0.2, -0.15) is 0 Å². The number of carbonyl (C=O) groups excluding carboxylic acids is 1. The zero-order valence-electron chi connectivity index (χ0n) is 14.3. The van der Waals surface area contributed by atoms with Gasteiger partial charge in [0.05, 0.1) is 6.10 Å². The van der Waals surface area contributed by atoms with Crippen LogP contribution < -0.4 is 5.73 Å². The lowest BCUT2D eigenvalue weighted by Crippen LogP contribution is -2.14. The molecule has 0 aromatic carbocycles. The van der Waals surface area contributed by atoms with Crippen molar-refractivity contribution in [1.29, 1.82) is 0 Å². The Labute approximate surface area is 131 Å². The van der Waals surface area contributed by atoms with Crippen LogP contribution in [0.3, 0.4) is 0 Å². The van der Waals surface area contributed by atoms with Crippen molar-refractivity contribution in [2.75, 3.05) is 7.11 Å². The summed E-state index contributed by atoms with van der Waals surface area (Å²) in [5.41, 5.74) is 5.11. The molecule has 0 aliphatic carbocycles. The Morgan fingerprint density at radius 2 is 1.90 bits per heavy atom. The van der Waals surface area contributed by atoms with Crippen LogP contribution in [0.15, 0.2) is 12.2 Å². The van der Waals surface area contributed by atoms with Crippen molar-refractivity contribution in [3.8, 4) is 0 Å². The molecule has 0 aliphatic rings. The second kappa shape index (κ2) is 14.1. The second-order valence-electron chi connectivity index (χ2n) is 6.11. The number of hydrogen-bond donors (Lipinski definition) is 1. The highest BCUT2D eigenvalue weighted by atomic mass is 16.5. The maximum Gasteiger partial charge on any atom is 0.217 e. The van der Waals surface area contributed by atoms with Gasteiger partial charge in [0.1, 0.15) is 0 Å². The zero-order valence-corrected chi connectivity index (χ0v) is 14.3. The number of ether oxygens (including phenoxy) is 1. The molecular weight excluding hydrogens is 262 g/mol. The summed E-state index contributed by atoms with van der Waals surface area (Å²) < 4.78 is 5.55. The van der Waals surface area contributed by atoms with Crippen molar-refractivity contribution in [3.63, 3.8) is 0 Å². The molecule has 2 unspecified atom stereocenters. The molecule has 3 heteroatoms. The van der Waals surface area contributed by atoms with E-state index in [0.717, 1.165) is 25.2 Å².